The fraction of sp³-hybridized carbons (Fsp3) is 0.421. The van der Waals surface area contributed by atoms with E-state index < -0.39 is 5.60 Å². The first-order chi connectivity index (χ1) is 10.3. The summed E-state index contributed by atoms with van der Waals surface area (Å²) in [5.74, 6) is 0. The van der Waals surface area contributed by atoms with E-state index in [4.69, 9.17) is 0 Å². The van der Waals surface area contributed by atoms with Crippen LogP contribution >= 0.6 is 0 Å². The van der Waals surface area contributed by atoms with Crippen LogP contribution < -0.4 is 5.56 Å². The molecule has 2 rings (SSSR count). The van der Waals surface area contributed by atoms with Crippen molar-refractivity contribution in [3.8, 4) is 11.3 Å². The maximum atomic E-state index is 12.9. The van der Waals surface area contributed by atoms with E-state index >= 15 is 0 Å². The molecule has 0 bridgehead atoms. The molecule has 0 aliphatic rings. The van der Waals surface area contributed by atoms with Gasteiger partial charge in [0.2, 0.25) is 0 Å². The molecule has 3 nitrogen and oxygen atoms in total. The van der Waals surface area contributed by atoms with Gasteiger partial charge < -0.3 is 9.67 Å². The summed E-state index contributed by atoms with van der Waals surface area (Å²) in [5, 5.41) is 10.2. The summed E-state index contributed by atoms with van der Waals surface area (Å²) in [6.45, 7) is 9.44. The van der Waals surface area contributed by atoms with Crippen molar-refractivity contribution in [1.82, 2.24) is 4.57 Å². The van der Waals surface area contributed by atoms with Gasteiger partial charge in [0.05, 0.1) is 11.3 Å². The van der Waals surface area contributed by atoms with Crippen molar-refractivity contribution in [2.75, 3.05) is 0 Å². The van der Waals surface area contributed by atoms with E-state index in [2.05, 4.69) is 6.92 Å². The van der Waals surface area contributed by atoms with Gasteiger partial charge in [-0.1, -0.05) is 36.8 Å². The van der Waals surface area contributed by atoms with Gasteiger partial charge in [-0.3, -0.25) is 4.79 Å². The van der Waals surface area contributed by atoms with Crippen LogP contribution in [0.2, 0.25) is 0 Å². The first kappa shape index (κ1) is 16.5. The lowest BCUT2D eigenvalue weighted by Gasteiger charge is -2.24. The Hall–Kier alpha value is -1.87. The van der Waals surface area contributed by atoms with Gasteiger partial charge in [-0.05, 0) is 51.8 Å². The van der Waals surface area contributed by atoms with Crippen LogP contribution in [0.3, 0.4) is 0 Å². The summed E-state index contributed by atoms with van der Waals surface area (Å²) >= 11 is 0. The lowest BCUT2D eigenvalue weighted by Crippen LogP contribution is -2.33. The third kappa shape index (κ3) is 3.14. The first-order valence-corrected chi connectivity index (χ1v) is 7.81. The van der Waals surface area contributed by atoms with Crippen LogP contribution in [-0.4, -0.2) is 9.67 Å². The smallest absolute Gasteiger partial charge is 0.257 e. The molecule has 22 heavy (non-hydrogen) atoms. The number of benzene rings is 1. The molecule has 0 saturated carbocycles. The van der Waals surface area contributed by atoms with E-state index in [0.717, 1.165) is 17.7 Å². The van der Waals surface area contributed by atoms with Gasteiger partial charge in [0.1, 0.15) is 0 Å². The monoisotopic (exact) mass is 299 g/mol. The Morgan fingerprint density at radius 2 is 1.73 bits per heavy atom. The van der Waals surface area contributed by atoms with Crippen LogP contribution in [0.15, 0.2) is 41.2 Å². The van der Waals surface area contributed by atoms with E-state index in [1.54, 1.807) is 24.5 Å². The Morgan fingerprint density at radius 3 is 2.23 bits per heavy atom. The molecule has 0 radical (unpaired) electrons. The second-order valence-corrected chi connectivity index (χ2v) is 6.49. The molecule has 3 heteroatoms. The minimum Gasteiger partial charge on any atom is -0.386 e. The second kappa shape index (κ2) is 6.09. The van der Waals surface area contributed by atoms with Crippen LogP contribution in [0, 0.1) is 6.92 Å². The fourth-order valence-corrected chi connectivity index (χ4v) is 2.60. The van der Waals surface area contributed by atoms with E-state index in [0.29, 0.717) is 5.56 Å². The molecule has 1 aromatic carbocycles. The lowest BCUT2D eigenvalue weighted by atomic mass is 9.97. The molecule has 1 N–H and O–H groups in total. The standard InChI is InChI=1S/C19H25NO2/c1-6-14(3)20-17(15-9-7-13(2)8-10-15)12-11-16(18(20)21)19(4,5)22/h7-12,14,22H,6H2,1-5H3. The van der Waals surface area contributed by atoms with E-state index in [1.807, 2.05) is 44.2 Å². The van der Waals surface area contributed by atoms with Crippen molar-refractivity contribution in [3.05, 3.63) is 57.9 Å². The topological polar surface area (TPSA) is 42.2 Å². The van der Waals surface area contributed by atoms with Gasteiger partial charge in [-0.25, -0.2) is 0 Å². The normalized spacial score (nSPS) is 13.2. The molecule has 0 amide bonds. The average Bonchev–Trinajstić information content (AvgIpc) is 2.45. The van der Waals surface area contributed by atoms with Crippen molar-refractivity contribution in [2.45, 2.75) is 52.7 Å². The lowest BCUT2D eigenvalue weighted by molar-refractivity contribution is 0.0763. The van der Waals surface area contributed by atoms with Gasteiger partial charge in [-0.15, -0.1) is 0 Å². The highest BCUT2D eigenvalue weighted by molar-refractivity contribution is 5.60. The van der Waals surface area contributed by atoms with Gasteiger partial charge >= 0.3 is 0 Å². The zero-order valence-electron chi connectivity index (χ0n) is 14.1. The van der Waals surface area contributed by atoms with Gasteiger partial charge in [0.25, 0.3) is 5.56 Å². The Kier molecular flexibility index (Phi) is 4.57. The predicted molar refractivity (Wildman–Crippen MR) is 91.1 cm³/mol. The molecule has 0 aliphatic heterocycles. The molecule has 1 aromatic heterocycles. The number of rotatable bonds is 4. The van der Waals surface area contributed by atoms with Crippen molar-refractivity contribution >= 4 is 0 Å². The van der Waals surface area contributed by atoms with Crippen LogP contribution in [0.1, 0.15) is 51.3 Å². The molecular weight excluding hydrogens is 274 g/mol. The molecule has 118 valence electrons. The zero-order chi connectivity index (χ0) is 16.5. The fourth-order valence-electron chi connectivity index (χ4n) is 2.60. The van der Waals surface area contributed by atoms with Crippen molar-refractivity contribution in [2.24, 2.45) is 0 Å². The third-order valence-corrected chi connectivity index (χ3v) is 4.15. The number of aryl methyl sites for hydroxylation is 1. The SMILES string of the molecule is CCC(C)n1c(-c2ccc(C)cc2)ccc(C(C)(C)O)c1=O. The molecule has 1 atom stereocenters. The predicted octanol–water partition coefficient (Wildman–Crippen LogP) is 4.02. The van der Waals surface area contributed by atoms with Crippen LogP contribution in [0.5, 0.6) is 0 Å². The zero-order valence-corrected chi connectivity index (χ0v) is 14.1. The molecule has 0 spiro atoms. The molecule has 1 unspecified atom stereocenters. The largest absolute Gasteiger partial charge is 0.386 e. The van der Waals surface area contributed by atoms with Crippen LogP contribution in [0.4, 0.5) is 0 Å². The maximum absolute atomic E-state index is 12.9. The van der Waals surface area contributed by atoms with Crippen molar-refractivity contribution in [1.29, 1.82) is 0 Å². The number of hydrogen-bond donors (Lipinski definition) is 1. The number of hydrogen-bond acceptors (Lipinski definition) is 2. The molecular formula is C19H25NO2. The Labute approximate surface area is 132 Å². The summed E-state index contributed by atoms with van der Waals surface area (Å²) in [6.07, 6.45) is 0.855. The summed E-state index contributed by atoms with van der Waals surface area (Å²) < 4.78 is 1.80. The van der Waals surface area contributed by atoms with Gasteiger partial charge in [-0.2, -0.15) is 0 Å². The minimum atomic E-state index is -1.14. The number of nitrogens with zero attached hydrogens (tertiary/aromatic N) is 1. The van der Waals surface area contributed by atoms with Crippen LogP contribution in [0.25, 0.3) is 11.3 Å². The van der Waals surface area contributed by atoms with Gasteiger partial charge in [0, 0.05) is 11.6 Å². The number of aromatic nitrogens is 1. The highest BCUT2D eigenvalue weighted by Gasteiger charge is 2.23. The highest BCUT2D eigenvalue weighted by atomic mass is 16.3. The summed E-state index contributed by atoms with van der Waals surface area (Å²) in [7, 11) is 0. The Bertz CT molecular complexity index is 706. The van der Waals surface area contributed by atoms with E-state index in [1.165, 1.54) is 5.56 Å². The van der Waals surface area contributed by atoms with Crippen LogP contribution in [-0.2, 0) is 5.60 Å². The molecule has 0 fully saturated rings. The number of pyridine rings is 1. The average molecular weight is 299 g/mol. The van der Waals surface area contributed by atoms with Crippen molar-refractivity contribution < 1.29 is 5.11 Å². The number of aliphatic hydroxyl groups is 1. The molecule has 0 saturated heterocycles. The second-order valence-electron chi connectivity index (χ2n) is 6.49. The van der Waals surface area contributed by atoms with E-state index in [-0.39, 0.29) is 11.6 Å². The van der Waals surface area contributed by atoms with Gasteiger partial charge in [0.15, 0.2) is 0 Å². The summed E-state index contributed by atoms with van der Waals surface area (Å²) in [4.78, 5) is 12.9. The maximum Gasteiger partial charge on any atom is 0.257 e. The quantitative estimate of drug-likeness (QED) is 0.926. The molecule has 0 aliphatic carbocycles. The molecule has 2 aromatic rings. The first-order valence-electron chi connectivity index (χ1n) is 7.81. The minimum absolute atomic E-state index is 0.0751. The molecule has 1 heterocycles. The van der Waals surface area contributed by atoms with E-state index in [9.17, 15) is 9.90 Å². The van der Waals surface area contributed by atoms with Crippen molar-refractivity contribution in [3.63, 3.8) is 0 Å². The highest BCUT2D eigenvalue weighted by Crippen LogP contribution is 2.25. The summed E-state index contributed by atoms with van der Waals surface area (Å²) in [5.41, 5.74) is 2.29. The third-order valence-electron chi connectivity index (χ3n) is 4.15. The Morgan fingerprint density at radius 1 is 1.14 bits per heavy atom. The summed E-state index contributed by atoms with van der Waals surface area (Å²) in [6, 6.07) is 11.9. The Balaban J connectivity index is 2.72.